The predicted octanol–water partition coefficient (Wildman–Crippen LogP) is 1.79. The first kappa shape index (κ1) is 17.7. The van der Waals surface area contributed by atoms with Gasteiger partial charge in [-0.3, -0.25) is 14.7 Å². The SMILES string of the molecule is CC(=O)c1ccc(S(=O)(=O)N2CCN(Cc3ccncc3)CC2)cc1. The van der Waals surface area contributed by atoms with E-state index in [1.807, 2.05) is 12.1 Å². The Hall–Kier alpha value is -2.09. The molecule has 6 nitrogen and oxygen atoms in total. The van der Waals surface area contributed by atoms with Gasteiger partial charge in [-0.1, -0.05) is 12.1 Å². The minimum Gasteiger partial charge on any atom is -0.296 e. The highest BCUT2D eigenvalue weighted by molar-refractivity contribution is 7.89. The van der Waals surface area contributed by atoms with E-state index >= 15 is 0 Å². The van der Waals surface area contributed by atoms with Crippen molar-refractivity contribution in [3.63, 3.8) is 0 Å². The van der Waals surface area contributed by atoms with Crippen molar-refractivity contribution in [3.8, 4) is 0 Å². The van der Waals surface area contributed by atoms with E-state index in [4.69, 9.17) is 0 Å². The molecule has 132 valence electrons. The molecule has 0 spiro atoms. The number of hydrogen-bond donors (Lipinski definition) is 0. The number of hydrogen-bond acceptors (Lipinski definition) is 5. The lowest BCUT2D eigenvalue weighted by Gasteiger charge is -2.34. The van der Waals surface area contributed by atoms with Crippen LogP contribution in [0, 0.1) is 0 Å². The molecule has 0 unspecified atom stereocenters. The smallest absolute Gasteiger partial charge is 0.243 e. The summed E-state index contributed by atoms with van der Waals surface area (Å²) in [6.45, 7) is 4.55. The molecule has 2 aromatic rings. The fourth-order valence-electron chi connectivity index (χ4n) is 2.89. The molecular formula is C18H21N3O3S. The summed E-state index contributed by atoms with van der Waals surface area (Å²) in [6.07, 6.45) is 3.53. The van der Waals surface area contributed by atoms with E-state index in [2.05, 4.69) is 9.88 Å². The lowest BCUT2D eigenvalue weighted by Crippen LogP contribution is -2.48. The molecule has 0 atom stereocenters. The quantitative estimate of drug-likeness (QED) is 0.761. The molecular weight excluding hydrogens is 338 g/mol. The summed E-state index contributed by atoms with van der Waals surface area (Å²) in [5.74, 6) is -0.0753. The number of pyridine rings is 1. The standard InChI is InChI=1S/C18H21N3O3S/c1-15(22)17-2-4-18(5-3-17)25(23,24)21-12-10-20(11-13-21)14-16-6-8-19-9-7-16/h2-9H,10-14H2,1H3. The summed E-state index contributed by atoms with van der Waals surface area (Å²) in [6, 6.07) is 10.1. The molecule has 3 rings (SSSR count). The second kappa shape index (κ2) is 7.43. The Bertz CT molecular complexity index is 828. The van der Waals surface area contributed by atoms with Crippen molar-refractivity contribution in [2.45, 2.75) is 18.4 Å². The normalized spacial score (nSPS) is 16.7. The number of nitrogens with zero attached hydrogens (tertiary/aromatic N) is 3. The van der Waals surface area contributed by atoms with Crippen molar-refractivity contribution in [3.05, 3.63) is 59.9 Å². The molecule has 1 fully saturated rings. The summed E-state index contributed by atoms with van der Waals surface area (Å²) < 4.78 is 27.0. The van der Waals surface area contributed by atoms with Crippen LogP contribution in [0.4, 0.5) is 0 Å². The molecule has 25 heavy (non-hydrogen) atoms. The first-order valence-corrected chi connectivity index (χ1v) is 9.63. The first-order chi connectivity index (χ1) is 12.0. The molecule has 1 aromatic heterocycles. The van der Waals surface area contributed by atoms with E-state index < -0.39 is 10.0 Å². The molecule has 0 bridgehead atoms. The molecule has 0 N–H and O–H groups in total. The Kier molecular flexibility index (Phi) is 5.27. The molecule has 0 saturated carbocycles. The zero-order valence-corrected chi connectivity index (χ0v) is 14.9. The molecule has 1 aliphatic heterocycles. The van der Waals surface area contributed by atoms with Crippen molar-refractivity contribution in [1.82, 2.24) is 14.2 Å². The predicted molar refractivity (Wildman–Crippen MR) is 94.7 cm³/mol. The van der Waals surface area contributed by atoms with Crippen molar-refractivity contribution >= 4 is 15.8 Å². The summed E-state index contributed by atoms with van der Waals surface area (Å²) >= 11 is 0. The van der Waals surface area contributed by atoms with Crippen molar-refractivity contribution < 1.29 is 13.2 Å². The maximum absolute atomic E-state index is 12.7. The summed E-state index contributed by atoms with van der Waals surface area (Å²) in [7, 11) is -3.52. The Morgan fingerprint density at radius 1 is 1.00 bits per heavy atom. The highest BCUT2D eigenvalue weighted by Gasteiger charge is 2.28. The molecule has 7 heteroatoms. The third kappa shape index (κ3) is 4.12. The fraction of sp³-hybridized carbons (Fsp3) is 0.333. The number of ketones is 1. The number of benzene rings is 1. The van der Waals surface area contributed by atoms with Crippen LogP contribution < -0.4 is 0 Å². The second-order valence-electron chi connectivity index (χ2n) is 6.12. The summed E-state index contributed by atoms with van der Waals surface area (Å²) in [5.41, 5.74) is 1.69. The highest BCUT2D eigenvalue weighted by atomic mass is 32.2. The summed E-state index contributed by atoms with van der Waals surface area (Å²) in [4.78, 5) is 17.8. The molecule has 1 saturated heterocycles. The largest absolute Gasteiger partial charge is 0.296 e. The zero-order chi connectivity index (χ0) is 17.9. The summed E-state index contributed by atoms with van der Waals surface area (Å²) in [5, 5.41) is 0. The topological polar surface area (TPSA) is 70.6 Å². The van der Waals surface area contributed by atoms with Gasteiger partial charge in [-0.2, -0.15) is 4.31 Å². The van der Waals surface area contributed by atoms with Gasteiger partial charge in [-0.25, -0.2) is 8.42 Å². The monoisotopic (exact) mass is 359 g/mol. The number of carbonyl (C=O) groups excluding carboxylic acids is 1. The van der Waals surface area contributed by atoms with Gasteiger partial charge in [-0.15, -0.1) is 0 Å². The van der Waals surface area contributed by atoms with Crippen molar-refractivity contribution in [2.24, 2.45) is 0 Å². The third-order valence-electron chi connectivity index (χ3n) is 4.39. The van der Waals surface area contributed by atoms with E-state index in [-0.39, 0.29) is 10.7 Å². The van der Waals surface area contributed by atoms with Crippen LogP contribution in [0.3, 0.4) is 0 Å². The minimum atomic E-state index is -3.52. The van der Waals surface area contributed by atoms with Crippen molar-refractivity contribution in [2.75, 3.05) is 26.2 Å². The van der Waals surface area contributed by atoms with Gasteiger partial charge in [-0.05, 0) is 36.8 Å². The van der Waals surface area contributed by atoms with Gasteiger partial charge in [0.2, 0.25) is 10.0 Å². The number of carbonyl (C=O) groups is 1. The van der Waals surface area contributed by atoms with Crippen LogP contribution in [-0.4, -0.2) is 54.6 Å². The Balaban J connectivity index is 1.64. The van der Waals surface area contributed by atoms with E-state index in [9.17, 15) is 13.2 Å². The Morgan fingerprint density at radius 3 is 2.16 bits per heavy atom. The van der Waals surface area contributed by atoms with Gasteiger partial charge in [0.15, 0.2) is 5.78 Å². The molecule has 2 heterocycles. The van der Waals surface area contributed by atoms with Crippen LogP contribution in [0.2, 0.25) is 0 Å². The Morgan fingerprint density at radius 2 is 1.60 bits per heavy atom. The average Bonchev–Trinajstić information content (AvgIpc) is 2.63. The molecule has 0 radical (unpaired) electrons. The molecule has 1 aliphatic rings. The molecule has 0 aliphatic carbocycles. The fourth-order valence-corrected chi connectivity index (χ4v) is 4.31. The van der Waals surface area contributed by atoms with E-state index in [1.165, 1.54) is 28.9 Å². The van der Waals surface area contributed by atoms with Gasteiger partial charge >= 0.3 is 0 Å². The number of aromatic nitrogens is 1. The van der Waals surface area contributed by atoms with Crippen LogP contribution in [0.5, 0.6) is 0 Å². The van der Waals surface area contributed by atoms with E-state index in [1.54, 1.807) is 24.5 Å². The van der Waals surface area contributed by atoms with Crippen LogP contribution in [-0.2, 0) is 16.6 Å². The zero-order valence-electron chi connectivity index (χ0n) is 14.1. The number of piperazine rings is 1. The second-order valence-corrected chi connectivity index (χ2v) is 8.05. The lowest BCUT2D eigenvalue weighted by molar-refractivity contribution is 0.101. The van der Waals surface area contributed by atoms with Gasteiger partial charge < -0.3 is 0 Å². The maximum atomic E-state index is 12.7. The number of rotatable bonds is 5. The van der Waals surface area contributed by atoms with Crippen molar-refractivity contribution in [1.29, 1.82) is 0 Å². The van der Waals surface area contributed by atoms with Gasteiger partial charge in [0.25, 0.3) is 0 Å². The maximum Gasteiger partial charge on any atom is 0.243 e. The Labute approximate surface area is 148 Å². The third-order valence-corrected chi connectivity index (χ3v) is 6.30. The van der Waals surface area contributed by atoms with Crippen LogP contribution >= 0.6 is 0 Å². The van der Waals surface area contributed by atoms with Crippen LogP contribution in [0.1, 0.15) is 22.8 Å². The number of sulfonamides is 1. The van der Waals surface area contributed by atoms with Crippen LogP contribution in [0.15, 0.2) is 53.7 Å². The van der Waals surface area contributed by atoms with E-state index in [0.717, 1.165) is 6.54 Å². The number of Topliss-reactive ketones (excluding diaryl/α,β-unsaturated/α-hetero) is 1. The lowest BCUT2D eigenvalue weighted by atomic mass is 10.2. The average molecular weight is 359 g/mol. The van der Waals surface area contributed by atoms with Crippen LogP contribution in [0.25, 0.3) is 0 Å². The molecule has 0 amide bonds. The highest BCUT2D eigenvalue weighted by Crippen LogP contribution is 2.19. The van der Waals surface area contributed by atoms with E-state index in [0.29, 0.717) is 31.7 Å². The minimum absolute atomic E-state index is 0.0753. The van der Waals surface area contributed by atoms with Gasteiger partial charge in [0, 0.05) is 50.7 Å². The molecule has 1 aromatic carbocycles. The first-order valence-electron chi connectivity index (χ1n) is 8.19. The van der Waals surface area contributed by atoms with Gasteiger partial charge in [0.1, 0.15) is 0 Å². The van der Waals surface area contributed by atoms with Gasteiger partial charge in [0.05, 0.1) is 4.90 Å².